The molecule has 0 fully saturated rings. The van der Waals surface area contributed by atoms with Gasteiger partial charge in [0.05, 0.1) is 11.5 Å². The minimum atomic E-state index is -0.835. The number of carbonyl (C=O) groups is 1. The minimum Gasteiger partial charge on any atom is -0.489 e. The summed E-state index contributed by atoms with van der Waals surface area (Å²) in [5.41, 5.74) is 8.72. The van der Waals surface area contributed by atoms with Gasteiger partial charge in [-0.2, -0.15) is 5.26 Å². The average molecular weight is 493 g/mol. The topological polar surface area (TPSA) is 94.6 Å². The molecule has 37 heavy (non-hydrogen) atoms. The Morgan fingerprint density at radius 3 is 2.38 bits per heavy atom. The van der Waals surface area contributed by atoms with Gasteiger partial charge >= 0.3 is 5.97 Å². The van der Waals surface area contributed by atoms with Crippen molar-refractivity contribution < 1.29 is 23.4 Å². The fourth-order valence-electron chi connectivity index (χ4n) is 4.13. The predicted octanol–water partition coefficient (Wildman–Crippen LogP) is 5.84. The third-order valence-electron chi connectivity index (χ3n) is 5.96. The minimum absolute atomic E-state index is 0.0398. The Morgan fingerprint density at radius 2 is 1.65 bits per heavy atom. The number of ether oxygens (including phenoxy) is 3. The van der Waals surface area contributed by atoms with Crippen LogP contribution >= 0.6 is 0 Å². The zero-order valence-electron chi connectivity index (χ0n) is 19.6. The Bertz CT molecular complexity index is 1530. The number of nitrogens with zero attached hydrogens (tertiary/aromatic N) is 1. The van der Waals surface area contributed by atoms with E-state index >= 15 is 0 Å². The Morgan fingerprint density at radius 1 is 0.946 bits per heavy atom. The van der Waals surface area contributed by atoms with Gasteiger partial charge in [-0.3, -0.25) is 0 Å². The van der Waals surface area contributed by atoms with Gasteiger partial charge in [0.1, 0.15) is 41.3 Å². The van der Waals surface area contributed by atoms with Gasteiger partial charge in [0, 0.05) is 11.6 Å². The molecule has 0 aliphatic carbocycles. The van der Waals surface area contributed by atoms with Crippen LogP contribution in [-0.4, -0.2) is 5.97 Å². The highest BCUT2D eigenvalue weighted by Crippen LogP contribution is 2.43. The van der Waals surface area contributed by atoms with Gasteiger partial charge in [0.25, 0.3) is 0 Å². The normalized spacial score (nSPS) is 14.2. The molecule has 0 radical (unpaired) electrons. The van der Waals surface area contributed by atoms with Gasteiger partial charge in [-0.05, 0) is 41.5 Å². The molecule has 4 aromatic rings. The first-order valence-electron chi connectivity index (χ1n) is 11.5. The van der Waals surface area contributed by atoms with E-state index in [1.165, 1.54) is 24.3 Å². The van der Waals surface area contributed by atoms with Crippen LogP contribution in [0.3, 0.4) is 0 Å². The maximum atomic E-state index is 14.0. The van der Waals surface area contributed by atoms with E-state index < -0.39 is 17.7 Å². The number of halogens is 1. The summed E-state index contributed by atoms with van der Waals surface area (Å²) in [5, 5.41) is 9.81. The van der Waals surface area contributed by atoms with Crippen molar-refractivity contribution in [3.05, 3.63) is 137 Å². The van der Waals surface area contributed by atoms with E-state index in [4.69, 9.17) is 19.9 Å². The molecule has 0 amide bonds. The summed E-state index contributed by atoms with van der Waals surface area (Å²) in [4.78, 5) is 12.4. The lowest BCUT2D eigenvalue weighted by atomic mass is 9.83. The molecule has 1 aliphatic heterocycles. The summed E-state index contributed by atoms with van der Waals surface area (Å²) in [6.07, 6.45) is 0. The number of fused-ring (bicyclic) bond motifs is 1. The number of hydrogen-bond donors (Lipinski definition) is 1. The highest BCUT2D eigenvalue weighted by Gasteiger charge is 2.31. The maximum Gasteiger partial charge on any atom is 0.346 e. The first-order chi connectivity index (χ1) is 18.0. The fourth-order valence-corrected chi connectivity index (χ4v) is 4.13. The van der Waals surface area contributed by atoms with E-state index in [0.717, 1.165) is 11.1 Å². The second-order valence-electron chi connectivity index (χ2n) is 8.34. The van der Waals surface area contributed by atoms with Crippen LogP contribution in [0.25, 0.3) is 0 Å². The number of carbonyl (C=O) groups excluding carboxylic acids is 1. The van der Waals surface area contributed by atoms with E-state index in [1.807, 2.05) is 54.6 Å². The second kappa shape index (κ2) is 10.3. The van der Waals surface area contributed by atoms with Crippen molar-refractivity contribution in [2.75, 3.05) is 0 Å². The number of rotatable bonds is 6. The molecule has 4 aromatic carbocycles. The molecule has 1 aliphatic rings. The molecule has 0 aromatic heterocycles. The SMILES string of the molecule is N#CC1=C(N)Oc2cc(OC(=O)c3ccccc3F)ccc2C1c1ccc(OCc2ccccc2)cc1. The van der Waals surface area contributed by atoms with Crippen molar-refractivity contribution in [3.8, 4) is 23.3 Å². The summed E-state index contributed by atoms with van der Waals surface area (Å²) in [5.74, 6) is -0.865. The number of nitriles is 1. The predicted molar refractivity (Wildman–Crippen MR) is 134 cm³/mol. The first kappa shape index (κ1) is 23.6. The Labute approximate surface area is 212 Å². The van der Waals surface area contributed by atoms with Crippen LogP contribution < -0.4 is 19.9 Å². The molecule has 0 spiro atoms. The smallest absolute Gasteiger partial charge is 0.346 e. The van der Waals surface area contributed by atoms with E-state index in [-0.39, 0.29) is 22.8 Å². The number of nitrogens with two attached hydrogens (primary N) is 1. The summed E-state index contributed by atoms with van der Waals surface area (Å²) in [7, 11) is 0. The number of esters is 1. The molecule has 0 saturated heterocycles. The van der Waals surface area contributed by atoms with Gasteiger partial charge < -0.3 is 19.9 Å². The molecule has 7 heteroatoms. The molecule has 1 unspecified atom stereocenters. The summed E-state index contributed by atoms with van der Waals surface area (Å²) < 4.78 is 30.9. The van der Waals surface area contributed by atoms with Crippen LogP contribution in [0.4, 0.5) is 4.39 Å². The van der Waals surface area contributed by atoms with E-state index in [9.17, 15) is 14.4 Å². The van der Waals surface area contributed by atoms with Crippen LogP contribution in [0, 0.1) is 17.1 Å². The standard InChI is InChI=1S/C30H21FN2O4/c31-26-9-5-4-8-23(26)30(34)36-22-14-15-24-27(16-22)37-29(33)25(17-32)28(24)20-10-12-21(13-11-20)35-18-19-6-2-1-3-7-19/h1-16,28H,18,33H2. The van der Waals surface area contributed by atoms with Crippen LogP contribution in [-0.2, 0) is 6.61 Å². The second-order valence-corrected chi connectivity index (χ2v) is 8.34. The molecule has 1 heterocycles. The van der Waals surface area contributed by atoms with E-state index in [0.29, 0.717) is 23.7 Å². The quantitative estimate of drug-likeness (QED) is 0.268. The van der Waals surface area contributed by atoms with Crippen molar-refractivity contribution in [1.82, 2.24) is 0 Å². The van der Waals surface area contributed by atoms with Gasteiger partial charge in [0.2, 0.25) is 5.88 Å². The van der Waals surface area contributed by atoms with Gasteiger partial charge in [-0.15, -0.1) is 0 Å². The zero-order valence-corrected chi connectivity index (χ0v) is 19.6. The first-order valence-corrected chi connectivity index (χ1v) is 11.5. The lowest BCUT2D eigenvalue weighted by molar-refractivity contribution is 0.0729. The van der Waals surface area contributed by atoms with Gasteiger partial charge in [-0.1, -0.05) is 60.7 Å². The molecular weight excluding hydrogens is 471 g/mol. The van der Waals surface area contributed by atoms with Crippen LogP contribution in [0.1, 0.15) is 33.0 Å². The Hall–Kier alpha value is -5.09. The molecule has 0 bridgehead atoms. The molecule has 182 valence electrons. The molecule has 6 nitrogen and oxygen atoms in total. The van der Waals surface area contributed by atoms with Crippen LogP contribution in [0.15, 0.2) is 109 Å². The van der Waals surface area contributed by atoms with E-state index in [2.05, 4.69) is 6.07 Å². The van der Waals surface area contributed by atoms with E-state index in [1.54, 1.807) is 18.2 Å². The number of hydrogen-bond acceptors (Lipinski definition) is 6. The van der Waals surface area contributed by atoms with Crippen molar-refractivity contribution in [3.63, 3.8) is 0 Å². The lowest BCUT2D eigenvalue weighted by Gasteiger charge is -2.26. The Kier molecular flexibility index (Phi) is 6.56. The Balaban J connectivity index is 1.39. The molecule has 1 atom stereocenters. The lowest BCUT2D eigenvalue weighted by Crippen LogP contribution is -2.21. The molecular formula is C30H21FN2O4. The molecule has 2 N–H and O–H groups in total. The molecule has 0 saturated carbocycles. The zero-order chi connectivity index (χ0) is 25.8. The summed E-state index contributed by atoms with van der Waals surface area (Å²) in [6, 6.07) is 29.7. The van der Waals surface area contributed by atoms with Crippen molar-refractivity contribution in [1.29, 1.82) is 5.26 Å². The fraction of sp³-hybridized carbons (Fsp3) is 0.0667. The van der Waals surface area contributed by atoms with Gasteiger partial charge in [-0.25, -0.2) is 9.18 Å². The van der Waals surface area contributed by atoms with Crippen molar-refractivity contribution in [2.45, 2.75) is 12.5 Å². The number of benzene rings is 4. The highest BCUT2D eigenvalue weighted by molar-refractivity contribution is 5.91. The maximum absolute atomic E-state index is 14.0. The monoisotopic (exact) mass is 492 g/mol. The molecule has 5 rings (SSSR count). The van der Waals surface area contributed by atoms with Crippen molar-refractivity contribution in [2.24, 2.45) is 5.73 Å². The van der Waals surface area contributed by atoms with Crippen LogP contribution in [0.5, 0.6) is 17.2 Å². The average Bonchev–Trinajstić information content (AvgIpc) is 2.92. The van der Waals surface area contributed by atoms with Crippen LogP contribution in [0.2, 0.25) is 0 Å². The number of allylic oxidation sites excluding steroid dienone is 1. The van der Waals surface area contributed by atoms with Crippen molar-refractivity contribution >= 4 is 5.97 Å². The highest BCUT2D eigenvalue weighted by atomic mass is 19.1. The van der Waals surface area contributed by atoms with Gasteiger partial charge in [0.15, 0.2) is 0 Å². The summed E-state index contributed by atoms with van der Waals surface area (Å²) >= 11 is 0. The third-order valence-corrected chi connectivity index (χ3v) is 5.96. The third kappa shape index (κ3) is 5.00. The summed E-state index contributed by atoms with van der Waals surface area (Å²) in [6.45, 7) is 0.435. The largest absolute Gasteiger partial charge is 0.489 e.